The Morgan fingerprint density at radius 2 is 1.85 bits per heavy atom. The Kier molecular flexibility index (Phi) is 3.77. The molecule has 0 saturated carbocycles. The predicted octanol–water partition coefficient (Wildman–Crippen LogP) is 1.91. The van der Waals surface area contributed by atoms with Crippen LogP contribution in [0.2, 0.25) is 0 Å². The second-order valence-electron chi connectivity index (χ2n) is 3.17. The standard InChI is InChI=1S/C11H15O2/c1-2-3-11(13)8-9-4-6-10(12)7-5-9/h4-7,11-13H,1-3,8H2. The molecule has 1 aromatic rings. The molecule has 0 aliphatic rings. The van der Waals surface area contributed by atoms with Gasteiger partial charge < -0.3 is 10.2 Å². The van der Waals surface area contributed by atoms with Gasteiger partial charge in [0.2, 0.25) is 0 Å². The lowest BCUT2D eigenvalue weighted by molar-refractivity contribution is 0.166. The topological polar surface area (TPSA) is 40.5 Å². The van der Waals surface area contributed by atoms with Crippen molar-refractivity contribution >= 4 is 0 Å². The molecule has 0 bridgehead atoms. The number of aliphatic hydroxyl groups excluding tert-OH is 1. The first-order valence-corrected chi connectivity index (χ1v) is 4.47. The first-order chi connectivity index (χ1) is 6.22. The van der Waals surface area contributed by atoms with E-state index in [4.69, 9.17) is 5.11 Å². The average molecular weight is 179 g/mol. The number of phenols is 1. The molecule has 71 valence electrons. The molecule has 1 unspecified atom stereocenters. The van der Waals surface area contributed by atoms with Crippen LogP contribution in [0.25, 0.3) is 0 Å². The number of benzene rings is 1. The first kappa shape index (κ1) is 10.1. The van der Waals surface area contributed by atoms with Crippen LogP contribution in [0.15, 0.2) is 24.3 Å². The second-order valence-corrected chi connectivity index (χ2v) is 3.17. The van der Waals surface area contributed by atoms with Gasteiger partial charge in [0.05, 0.1) is 6.10 Å². The van der Waals surface area contributed by atoms with Crippen molar-refractivity contribution in [1.82, 2.24) is 0 Å². The summed E-state index contributed by atoms with van der Waals surface area (Å²) in [5.41, 5.74) is 1.04. The van der Waals surface area contributed by atoms with Gasteiger partial charge in [-0.3, -0.25) is 0 Å². The minimum Gasteiger partial charge on any atom is -0.508 e. The number of phenolic OH excluding ortho intramolecular Hbond substituents is 1. The number of aliphatic hydroxyl groups is 1. The molecule has 1 rings (SSSR count). The Bertz CT molecular complexity index is 241. The Hall–Kier alpha value is -1.02. The van der Waals surface area contributed by atoms with Gasteiger partial charge in [0.25, 0.3) is 0 Å². The van der Waals surface area contributed by atoms with Crippen LogP contribution in [-0.4, -0.2) is 16.3 Å². The number of rotatable bonds is 4. The zero-order chi connectivity index (χ0) is 9.68. The van der Waals surface area contributed by atoms with E-state index in [0.717, 1.165) is 18.4 Å². The Morgan fingerprint density at radius 3 is 2.38 bits per heavy atom. The SMILES string of the molecule is [CH2]CCC(O)Cc1ccc(O)cc1. The summed E-state index contributed by atoms with van der Waals surface area (Å²) in [6.45, 7) is 3.68. The third-order valence-corrected chi connectivity index (χ3v) is 1.95. The van der Waals surface area contributed by atoms with Gasteiger partial charge >= 0.3 is 0 Å². The van der Waals surface area contributed by atoms with Crippen molar-refractivity contribution in [1.29, 1.82) is 0 Å². The summed E-state index contributed by atoms with van der Waals surface area (Å²) in [6, 6.07) is 6.90. The Balaban J connectivity index is 2.49. The van der Waals surface area contributed by atoms with E-state index in [9.17, 15) is 5.11 Å². The Labute approximate surface area is 78.8 Å². The molecule has 1 atom stereocenters. The lowest BCUT2D eigenvalue weighted by Crippen LogP contribution is -2.09. The van der Waals surface area contributed by atoms with E-state index < -0.39 is 0 Å². The molecule has 0 fully saturated rings. The van der Waals surface area contributed by atoms with Crippen molar-refractivity contribution in [3.05, 3.63) is 36.8 Å². The molecule has 0 aliphatic carbocycles. The highest BCUT2D eigenvalue weighted by atomic mass is 16.3. The number of hydrogen-bond donors (Lipinski definition) is 2. The highest BCUT2D eigenvalue weighted by Crippen LogP contribution is 2.12. The predicted molar refractivity (Wildman–Crippen MR) is 52.4 cm³/mol. The van der Waals surface area contributed by atoms with E-state index in [0.29, 0.717) is 6.42 Å². The summed E-state index contributed by atoms with van der Waals surface area (Å²) in [5, 5.41) is 18.5. The van der Waals surface area contributed by atoms with Crippen LogP contribution in [0, 0.1) is 6.92 Å². The normalized spacial score (nSPS) is 12.8. The molecule has 2 heteroatoms. The van der Waals surface area contributed by atoms with Gasteiger partial charge in [-0.25, -0.2) is 0 Å². The van der Waals surface area contributed by atoms with Crippen molar-refractivity contribution in [2.45, 2.75) is 25.4 Å². The average Bonchev–Trinajstić information content (AvgIpc) is 2.09. The van der Waals surface area contributed by atoms with Crippen molar-refractivity contribution in [3.63, 3.8) is 0 Å². The van der Waals surface area contributed by atoms with Gasteiger partial charge in [0.15, 0.2) is 0 Å². The number of aromatic hydroxyl groups is 1. The highest BCUT2D eigenvalue weighted by Gasteiger charge is 2.03. The van der Waals surface area contributed by atoms with Crippen molar-refractivity contribution < 1.29 is 10.2 Å². The Morgan fingerprint density at radius 1 is 1.23 bits per heavy atom. The minimum atomic E-state index is -0.318. The molecule has 1 aromatic carbocycles. The van der Waals surface area contributed by atoms with Gasteiger partial charge in [-0.05, 0) is 30.5 Å². The van der Waals surface area contributed by atoms with Crippen LogP contribution in [0.1, 0.15) is 18.4 Å². The van der Waals surface area contributed by atoms with Crippen LogP contribution < -0.4 is 0 Å². The molecule has 0 heterocycles. The summed E-state index contributed by atoms with van der Waals surface area (Å²) in [7, 11) is 0. The van der Waals surface area contributed by atoms with E-state index in [1.54, 1.807) is 12.1 Å². The van der Waals surface area contributed by atoms with Gasteiger partial charge in [0, 0.05) is 0 Å². The third-order valence-electron chi connectivity index (χ3n) is 1.95. The maximum atomic E-state index is 9.47. The van der Waals surface area contributed by atoms with Crippen molar-refractivity contribution in [2.24, 2.45) is 0 Å². The van der Waals surface area contributed by atoms with Crippen molar-refractivity contribution in [2.75, 3.05) is 0 Å². The number of hydrogen-bond acceptors (Lipinski definition) is 2. The van der Waals surface area contributed by atoms with E-state index >= 15 is 0 Å². The molecule has 1 radical (unpaired) electrons. The molecule has 0 aliphatic heterocycles. The van der Waals surface area contributed by atoms with Gasteiger partial charge in [-0.1, -0.05) is 25.5 Å². The van der Waals surface area contributed by atoms with Gasteiger partial charge in [0.1, 0.15) is 5.75 Å². The summed E-state index contributed by atoms with van der Waals surface area (Å²) in [5.74, 6) is 0.260. The van der Waals surface area contributed by atoms with Crippen LogP contribution >= 0.6 is 0 Å². The molecule has 2 nitrogen and oxygen atoms in total. The zero-order valence-corrected chi connectivity index (χ0v) is 7.61. The van der Waals surface area contributed by atoms with E-state index in [-0.39, 0.29) is 11.9 Å². The maximum absolute atomic E-state index is 9.47. The van der Waals surface area contributed by atoms with E-state index in [1.807, 2.05) is 12.1 Å². The fourth-order valence-electron chi connectivity index (χ4n) is 1.24. The molecule has 13 heavy (non-hydrogen) atoms. The van der Waals surface area contributed by atoms with Crippen molar-refractivity contribution in [3.8, 4) is 5.75 Å². The van der Waals surface area contributed by atoms with E-state index in [1.165, 1.54) is 0 Å². The first-order valence-electron chi connectivity index (χ1n) is 4.47. The molecule has 0 aromatic heterocycles. The smallest absolute Gasteiger partial charge is 0.115 e. The lowest BCUT2D eigenvalue weighted by atomic mass is 10.0. The summed E-state index contributed by atoms with van der Waals surface area (Å²) < 4.78 is 0. The van der Waals surface area contributed by atoms with Crippen LogP contribution in [0.3, 0.4) is 0 Å². The third kappa shape index (κ3) is 3.47. The molecular weight excluding hydrogens is 164 g/mol. The largest absolute Gasteiger partial charge is 0.508 e. The fourth-order valence-corrected chi connectivity index (χ4v) is 1.24. The fraction of sp³-hybridized carbons (Fsp3) is 0.364. The zero-order valence-electron chi connectivity index (χ0n) is 7.61. The second kappa shape index (κ2) is 4.87. The van der Waals surface area contributed by atoms with Gasteiger partial charge in [-0.2, -0.15) is 0 Å². The molecule has 0 amide bonds. The molecular formula is C11H15O2. The highest BCUT2D eigenvalue weighted by molar-refractivity contribution is 5.26. The summed E-state index contributed by atoms with van der Waals surface area (Å²) in [4.78, 5) is 0. The molecule has 0 spiro atoms. The van der Waals surface area contributed by atoms with Crippen LogP contribution in [0.5, 0.6) is 5.75 Å². The van der Waals surface area contributed by atoms with Crippen LogP contribution in [0.4, 0.5) is 0 Å². The van der Waals surface area contributed by atoms with E-state index in [2.05, 4.69) is 6.92 Å². The lowest BCUT2D eigenvalue weighted by Gasteiger charge is -2.08. The summed E-state index contributed by atoms with van der Waals surface area (Å²) >= 11 is 0. The van der Waals surface area contributed by atoms with Gasteiger partial charge in [-0.15, -0.1) is 0 Å². The molecule has 0 saturated heterocycles. The quantitative estimate of drug-likeness (QED) is 0.741. The maximum Gasteiger partial charge on any atom is 0.115 e. The minimum absolute atomic E-state index is 0.260. The van der Waals surface area contributed by atoms with Crippen LogP contribution in [-0.2, 0) is 6.42 Å². The summed E-state index contributed by atoms with van der Waals surface area (Å²) in [6.07, 6.45) is 1.79. The molecule has 2 N–H and O–H groups in total. The monoisotopic (exact) mass is 179 g/mol.